The molecular weight excluding hydrogens is 343 g/mol. The van der Waals surface area contributed by atoms with Crippen LogP contribution < -0.4 is 15.4 Å². The van der Waals surface area contributed by atoms with E-state index in [1.807, 2.05) is 12.4 Å². The lowest BCUT2D eigenvalue weighted by Crippen LogP contribution is -2.29. The Hall–Kier alpha value is -1.81. The van der Waals surface area contributed by atoms with E-state index < -0.39 is 0 Å². The Balaban J connectivity index is 2.20. The summed E-state index contributed by atoms with van der Waals surface area (Å²) < 4.78 is 5.60. The molecule has 0 amide bonds. The highest BCUT2D eigenvalue weighted by Gasteiger charge is 2.13. The third-order valence-corrected chi connectivity index (χ3v) is 3.84. The topological polar surface area (TPSA) is 70.0 Å². The Labute approximate surface area is 142 Å². The molecule has 0 aliphatic rings. The first-order valence-electron chi connectivity index (χ1n) is 6.16. The first-order valence-corrected chi connectivity index (χ1v) is 8.20. The number of hydrogen-bond acceptors (Lipinski definition) is 6. The van der Waals surface area contributed by atoms with Crippen LogP contribution in [0.1, 0.15) is 0 Å². The van der Waals surface area contributed by atoms with Crippen molar-refractivity contribution in [2.75, 3.05) is 11.6 Å². The molecule has 1 atom stereocenters. The van der Waals surface area contributed by atoms with Crippen molar-refractivity contribution in [3.8, 4) is 17.8 Å². The first-order chi connectivity index (χ1) is 10.6. The normalized spacial score (nSPS) is 11.4. The van der Waals surface area contributed by atoms with Gasteiger partial charge in [0.1, 0.15) is 0 Å². The fraction of sp³-hybridized carbons (Fsp3) is 0.143. The van der Waals surface area contributed by atoms with Gasteiger partial charge in [-0.25, -0.2) is 4.98 Å². The Morgan fingerprint density at radius 1 is 1.32 bits per heavy atom. The lowest BCUT2D eigenvalue weighted by molar-refractivity contribution is 0.463. The molecule has 114 valence electrons. The zero-order valence-corrected chi connectivity index (χ0v) is 13.8. The van der Waals surface area contributed by atoms with Crippen LogP contribution in [0, 0.1) is 11.5 Å². The molecule has 0 saturated carbocycles. The minimum Gasteiger partial charge on any atom is -0.436 e. The fourth-order valence-electron chi connectivity index (χ4n) is 1.62. The minimum absolute atomic E-state index is 0.278. The van der Waals surface area contributed by atoms with Crippen molar-refractivity contribution in [1.82, 2.24) is 10.3 Å². The number of benzene rings is 1. The summed E-state index contributed by atoms with van der Waals surface area (Å²) in [7, 11) is 0. The van der Waals surface area contributed by atoms with E-state index in [1.165, 1.54) is 11.8 Å². The van der Waals surface area contributed by atoms with Crippen molar-refractivity contribution in [2.45, 2.75) is 5.50 Å². The summed E-state index contributed by atoms with van der Waals surface area (Å²) in [6.45, 7) is 0. The van der Waals surface area contributed by atoms with Crippen molar-refractivity contribution in [2.24, 2.45) is 0 Å². The molecule has 22 heavy (non-hydrogen) atoms. The van der Waals surface area contributed by atoms with Crippen molar-refractivity contribution in [3.63, 3.8) is 0 Å². The number of thioether (sulfide) groups is 1. The third kappa shape index (κ3) is 4.34. The quantitative estimate of drug-likeness (QED) is 0.457. The molecule has 2 rings (SSSR count). The summed E-state index contributed by atoms with van der Waals surface area (Å²) in [5.74, 6) is 0.738. The molecule has 1 aromatic carbocycles. The molecule has 0 saturated heterocycles. The van der Waals surface area contributed by atoms with E-state index in [4.69, 9.17) is 33.2 Å². The SMILES string of the molecule is CSC(NC#N)Nc1cc(Cl)c(Oc2ccccn2)c(Cl)c1. The van der Waals surface area contributed by atoms with Gasteiger partial charge in [0.15, 0.2) is 17.4 Å². The van der Waals surface area contributed by atoms with Crippen LogP contribution in [0.15, 0.2) is 36.5 Å². The van der Waals surface area contributed by atoms with Gasteiger partial charge >= 0.3 is 0 Å². The maximum Gasteiger partial charge on any atom is 0.219 e. The van der Waals surface area contributed by atoms with Crippen LogP contribution in [0.3, 0.4) is 0 Å². The Bertz CT molecular complexity index is 655. The predicted octanol–water partition coefficient (Wildman–Crippen LogP) is 4.31. The highest BCUT2D eigenvalue weighted by atomic mass is 35.5. The van der Waals surface area contributed by atoms with Gasteiger partial charge in [0.2, 0.25) is 5.88 Å². The van der Waals surface area contributed by atoms with Crippen molar-refractivity contribution >= 4 is 40.7 Å². The first kappa shape index (κ1) is 16.6. The molecule has 0 spiro atoms. The van der Waals surface area contributed by atoms with Crippen molar-refractivity contribution < 1.29 is 4.74 Å². The van der Waals surface area contributed by atoms with Gasteiger partial charge in [-0.3, -0.25) is 5.32 Å². The number of hydrogen-bond donors (Lipinski definition) is 2. The molecular formula is C14H12Cl2N4OS. The van der Waals surface area contributed by atoms with Crippen LogP contribution in [-0.2, 0) is 0 Å². The van der Waals surface area contributed by atoms with Crippen LogP contribution in [-0.4, -0.2) is 16.7 Å². The number of ether oxygens (including phenoxy) is 1. The number of halogens is 2. The van der Waals surface area contributed by atoms with Crippen LogP contribution in [0.5, 0.6) is 11.6 Å². The molecule has 2 aromatic rings. The summed E-state index contributed by atoms with van der Waals surface area (Å²) in [4.78, 5) is 4.06. The van der Waals surface area contributed by atoms with Crippen molar-refractivity contribution in [3.05, 3.63) is 46.6 Å². The van der Waals surface area contributed by atoms with E-state index in [2.05, 4.69) is 15.6 Å². The lowest BCUT2D eigenvalue weighted by atomic mass is 10.3. The minimum atomic E-state index is -0.278. The predicted molar refractivity (Wildman–Crippen MR) is 90.4 cm³/mol. The number of nitrogens with zero attached hydrogens (tertiary/aromatic N) is 2. The molecule has 5 nitrogen and oxygen atoms in total. The van der Waals surface area contributed by atoms with Gasteiger partial charge in [0.05, 0.1) is 10.0 Å². The Morgan fingerprint density at radius 3 is 2.59 bits per heavy atom. The number of aromatic nitrogens is 1. The number of rotatable bonds is 6. The number of nitrogens with one attached hydrogen (secondary N) is 2. The number of anilines is 1. The van der Waals surface area contributed by atoms with Gasteiger partial charge in [0, 0.05) is 18.0 Å². The van der Waals surface area contributed by atoms with Gasteiger partial charge in [-0.05, 0) is 24.5 Å². The van der Waals surface area contributed by atoms with Gasteiger partial charge in [-0.1, -0.05) is 29.3 Å². The van der Waals surface area contributed by atoms with Crippen molar-refractivity contribution in [1.29, 1.82) is 5.26 Å². The zero-order chi connectivity index (χ0) is 15.9. The standard InChI is InChI=1S/C14H12Cl2N4OS/c1-22-14(19-8-17)20-9-6-10(15)13(11(16)7-9)21-12-4-2-3-5-18-12/h2-7,14,19-20H,1H3. The lowest BCUT2D eigenvalue weighted by Gasteiger charge is -2.17. The van der Waals surface area contributed by atoms with Crippen LogP contribution in [0.25, 0.3) is 0 Å². The second kappa shape index (κ2) is 7.99. The third-order valence-electron chi connectivity index (χ3n) is 2.57. The molecule has 2 N–H and O–H groups in total. The molecule has 1 aromatic heterocycles. The molecule has 0 aliphatic heterocycles. The summed E-state index contributed by atoms with van der Waals surface area (Å²) in [5, 5.41) is 15.1. The average Bonchev–Trinajstić information content (AvgIpc) is 2.51. The molecule has 0 aliphatic carbocycles. The van der Waals surface area contributed by atoms with E-state index in [1.54, 1.807) is 36.5 Å². The van der Waals surface area contributed by atoms with E-state index >= 15 is 0 Å². The molecule has 0 fully saturated rings. The van der Waals surface area contributed by atoms with Gasteiger partial charge < -0.3 is 10.1 Å². The fourth-order valence-corrected chi connectivity index (χ4v) is 2.61. The Kier molecular flexibility index (Phi) is 6.01. The highest BCUT2D eigenvalue weighted by molar-refractivity contribution is 7.99. The number of pyridine rings is 1. The second-order valence-corrected chi connectivity index (χ2v) is 5.81. The average molecular weight is 355 g/mol. The number of nitriles is 1. The van der Waals surface area contributed by atoms with Crippen LogP contribution in [0.2, 0.25) is 10.0 Å². The molecule has 1 heterocycles. The van der Waals surface area contributed by atoms with E-state index in [9.17, 15) is 0 Å². The largest absolute Gasteiger partial charge is 0.436 e. The van der Waals surface area contributed by atoms with Gasteiger partial charge in [-0.15, -0.1) is 11.8 Å². The summed E-state index contributed by atoms with van der Waals surface area (Å²) >= 11 is 13.9. The molecule has 1 unspecified atom stereocenters. The van der Waals surface area contributed by atoms with Gasteiger partial charge in [0.25, 0.3) is 0 Å². The van der Waals surface area contributed by atoms with Gasteiger partial charge in [-0.2, -0.15) is 5.26 Å². The maximum atomic E-state index is 8.67. The van der Waals surface area contributed by atoms with Crippen LogP contribution in [0.4, 0.5) is 5.69 Å². The summed E-state index contributed by atoms with van der Waals surface area (Å²) in [6.07, 6.45) is 5.36. The maximum absolute atomic E-state index is 8.67. The van der Waals surface area contributed by atoms with Crippen LogP contribution >= 0.6 is 35.0 Å². The molecule has 8 heteroatoms. The molecule has 0 bridgehead atoms. The van der Waals surface area contributed by atoms with E-state index in [0.29, 0.717) is 27.4 Å². The highest BCUT2D eigenvalue weighted by Crippen LogP contribution is 2.38. The Morgan fingerprint density at radius 2 is 2.05 bits per heavy atom. The molecule has 0 radical (unpaired) electrons. The summed E-state index contributed by atoms with van der Waals surface area (Å²) in [5.41, 5.74) is 0.394. The summed E-state index contributed by atoms with van der Waals surface area (Å²) in [6, 6.07) is 8.64. The second-order valence-electron chi connectivity index (χ2n) is 4.06. The monoisotopic (exact) mass is 354 g/mol. The van der Waals surface area contributed by atoms with E-state index in [0.717, 1.165) is 0 Å². The van der Waals surface area contributed by atoms with E-state index in [-0.39, 0.29) is 5.50 Å². The smallest absolute Gasteiger partial charge is 0.219 e. The zero-order valence-electron chi connectivity index (χ0n) is 11.5.